The number of nitrogens with zero attached hydrogens (tertiary/aromatic N) is 1. The van der Waals surface area contributed by atoms with E-state index < -0.39 is 18.0 Å². The Bertz CT molecular complexity index is 796. The van der Waals surface area contributed by atoms with Gasteiger partial charge in [0.25, 0.3) is 5.91 Å². The number of hydrogen-bond donors (Lipinski definition) is 1. The highest BCUT2D eigenvalue weighted by atomic mass is 16.5. The minimum Gasteiger partial charge on any atom is -0.449 e. The van der Waals surface area contributed by atoms with Gasteiger partial charge in [0.1, 0.15) is 0 Å². The monoisotopic (exact) mass is 354 g/mol. The lowest BCUT2D eigenvalue weighted by Crippen LogP contribution is -2.30. The van der Waals surface area contributed by atoms with Gasteiger partial charge in [-0.25, -0.2) is 4.79 Å². The number of anilines is 2. The summed E-state index contributed by atoms with van der Waals surface area (Å²) in [5.74, 6) is -1.06. The summed E-state index contributed by atoms with van der Waals surface area (Å²) in [4.78, 5) is 37.5. The number of carbonyl (C=O) groups is 3. The topological polar surface area (TPSA) is 75.7 Å². The lowest BCUT2D eigenvalue weighted by atomic mass is 10.1. The van der Waals surface area contributed by atoms with Crippen LogP contribution in [0.15, 0.2) is 48.5 Å². The van der Waals surface area contributed by atoms with Gasteiger partial charge in [-0.3, -0.25) is 9.59 Å². The van der Waals surface area contributed by atoms with Gasteiger partial charge in [-0.1, -0.05) is 0 Å². The summed E-state index contributed by atoms with van der Waals surface area (Å²) in [6, 6.07) is 13.4. The van der Waals surface area contributed by atoms with Gasteiger partial charge in [0.2, 0.25) is 0 Å². The predicted octanol–water partition coefficient (Wildman–Crippen LogP) is 3.14. The molecule has 1 atom stereocenters. The number of ether oxygens (including phenoxy) is 1. The van der Waals surface area contributed by atoms with E-state index in [9.17, 15) is 14.4 Å². The Morgan fingerprint density at radius 3 is 1.96 bits per heavy atom. The molecule has 0 saturated heterocycles. The van der Waals surface area contributed by atoms with Crippen molar-refractivity contribution in [1.82, 2.24) is 0 Å². The van der Waals surface area contributed by atoms with Gasteiger partial charge < -0.3 is 15.0 Å². The van der Waals surface area contributed by atoms with E-state index in [2.05, 4.69) is 5.32 Å². The SMILES string of the molecule is CC(=O)c1ccc(NC(=O)C(C)OC(=O)c2ccc(N(C)C)cc2)cc1. The van der Waals surface area contributed by atoms with Gasteiger partial charge in [-0.2, -0.15) is 0 Å². The van der Waals surface area contributed by atoms with Crippen LogP contribution in [0.1, 0.15) is 34.6 Å². The van der Waals surface area contributed by atoms with Gasteiger partial charge in [-0.15, -0.1) is 0 Å². The lowest BCUT2D eigenvalue weighted by Gasteiger charge is -2.15. The van der Waals surface area contributed by atoms with Crippen molar-refractivity contribution in [2.75, 3.05) is 24.3 Å². The van der Waals surface area contributed by atoms with Gasteiger partial charge in [0.15, 0.2) is 11.9 Å². The number of hydrogen-bond acceptors (Lipinski definition) is 5. The van der Waals surface area contributed by atoms with E-state index >= 15 is 0 Å². The average Bonchev–Trinajstić information content (AvgIpc) is 2.62. The van der Waals surface area contributed by atoms with Crippen LogP contribution in [0.3, 0.4) is 0 Å². The van der Waals surface area contributed by atoms with Gasteiger partial charge >= 0.3 is 5.97 Å². The maximum atomic E-state index is 12.2. The Morgan fingerprint density at radius 1 is 0.923 bits per heavy atom. The van der Waals surface area contributed by atoms with Crippen molar-refractivity contribution in [3.8, 4) is 0 Å². The predicted molar refractivity (Wildman–Crippen MR) is 101 cm³/mol. The van der Waals surface area contributed by atoms with Crippen molar-refractivity contribution in [2.24, 2.45) is 0 Å². The van der Waals surface area contributed by atoms with Gasteiger partial charge in [0.05, 0.1) is 5.56 Å². The van der Waals surface area contributed by atoms with Crippen LogP contribution in [0, 0.1) is 0 Å². The number of amides is 1. The highest BCUT2D eigenvalue weighted by Gasteiger charge is 2.19. The minimum atomic E-state index is -0.955. The zero-order valence-corrected chi connectivity index (χ0v) is 15.3. The van der Waals surface area contributed by atoms with Crippen LogP contribution in [-0.2, 0) is 9.53 Å². The summed E-state index contributed by atoms with van der Waals surface area (Å²) in [7, 11) is 3.81. The number of rotatable bonds is 6. The van der Waals surface area contributed by atoms with Crippen LogP contribution < -0.4 is 10.2 Å². The summed E-state index contributed by atoms with van der Waals surface area (Å²) >= 11 is 0. The zero-order chi connectivity index (χ0) is 19.3. The second kappa shape index (κ2) is 8.29. The summed E-state index contributed by atoms with van der Waals surface area (Å²) in [5.41, 5.74) is 2.42. The number of benzene rings is 2. The standard InChI is InChI=1S/C20H22N2O4/c1-13(23)15-5-9-17(10-6-15)21-19(24)14(2)26-20(25)16-7-11-18(12-8-16)22(3)4/h5-12,14H,1-4H3,(H,21,24). The van der Waals surface area contributed by atoms with E-state index in [1.165, 1.54) is 13.8 Å². The molecule has 1 unspecified atom stereocenters. The molecule has 0 saturated carbocycles. The van der Waals surface area contributed by atoms with E-state index in [-0.39, 0.29) is 5.78 Å². The first-order valence-electron chi connectivity index (χ1n) is 8.18. The molecule has 0 heterocycles. The molecule has 2 rings (SSSR count). The molecule has 1 amide bonds. The van der Waals surface area contributed by atoms with Crippen molar-refractivity contribution < 1.29 is 19.1 Å². The summed E-state index contributed by atoms with van der Waals surface area (Å²) in [6.07, 6.45) is -0.955. The number of Topliss-reactive ketones (excluding diaryl/α,β-unsaturated/α-hetero) is 1. The number of carbonyl (C=O) groups excluding carboxylic acids is 3. The molecule has 2 aromatic carbocycles. The van der Waals surface area contributed by atoms with E-state index in [4.69, 9.17) is 4.74 Å². The second-order valence-corrected chi connectivity index (χ2v) is 6.11. The molecule has 6 nitrogen and oxygen atoms in total. The van der Waals surface area contributed by atoms with Crippen LogP contribution in [0.2, 0.25) is 0 Å². The quantitative estimate of drug-likeness (QED) is 0.637. The van der Waals surface area contributed by atoms with Crippen LogP contribution in [0.25, 0.3) is 0 Å². The normalized spacial score (nSPS) is 11.4. The molecular weight excluding hydrogens is 332 g/mol. The fourth-order valence-corrected chi connectivity index (χ4v) is 2.21. The zero-order valence-electron chi connectivity index (χ0n) is 15.3. The Kier molecular flexibility index (Phi) is 6.11. The smallest absolute Gasteiger partial charge is 0.338 e. The lowest BCUT2D eigenvalue weighted by molar-refractivity contribution is -0.123. The summed E-state index contributed by atoms with van der Waals surface area (Å²) in [5, 5.41) is 2.65. The van der Waals surface area contributed by atoms with E-state index in [0.717, 1.165) is 5.69 Å². The molecule has 136 valence electrons. The van der Waals surface area contributed by atoms with Gasteiger partial charge in [-0.05, 0) is 62.4 Å². The Hall–Kier alpha value is -3.15. The van der Waals surface area contributed by atoms with Crippen LogP contribution in [0.4, 0.5) is 11.4 Å². The Balaban J connectivity index is 1.95. The molecule has 0 fully saturated rings. The molecule has 2 aromatic rings. The highest BCUT2D eigenvalue weighted by Crippen LogP contribution is 2.14. The molecule has 0 bridgehead atoms. The maximum absolute atomic E-state index is 12.2. The van der Waals surface area contributed by atoms with E-state index in [0.29, 0.717) is 16.8 Å². The highest BCUT2D eigenvalue weighted by molar-refractivity contribution is 5.98. The molecule has 1 N–H and O–H groups in total. The number of nitrogens with one attached hydrogen (secondary N) is 1. The van der Waals surface area contributed by atoms with Crippen molar-refractivity contribution in [3.05, 3.63) is 59.7 Å². The molecule has 0 aliphatic heterocycles. The number of esters is 1. The van der Waals surface area contributed by atoms with Crippen molar-refractivity contribution in [2.45, 2.75) is 20.0 Å². The molecular formula is C20H22N2O4. The van der Waals surface area contributed by atoms with E-state index in [1.807, 2.05) is 19.0 Å². The molecule has 6 heteroatoms. The third-order valence-electron chi connectivity index (χ3n) is 3.83. The first-order valence-corrected chi connectivity index (χ1v) is 8.18. The third kappa shape index (κ3) is 4.92. The maximum Gasteiger partial charge on any atom is 0.338 e. The van der Waals surface area contributed by atoms with Crippen molar-refractivity contribution >= 4 is 29.0 Å². The molecule has 0 aliphatic carbocycles. The average molecular weight is 354 g/mol. The van der Waals surface area contributed by atoms with Crippen LogP contribution >= 0.6 is 0 Å². The summed E-state index contributed by atoms with van der Waals surface area (Å²) < 4.78 is 5.21. The fraction of sp³-hybridized carbons (Fsp3) is 0.250. The largest absolute Gasteiger partial charge is 0.449 e. The Labute approximate surface area is 152 Å². The Morgan fingerprint density at radius 2 is 1.46 bits per heavy atom. The first kappa shape index (κ1) is 19.2. The van der Waals surface area contributed by atoms with Crippen LogP contribution in [-0.4, -0.2) is 37.9 Å². The van der Waals surface area contributed by atoms with Gasteiger partial charge in [0, 0.05) is 31.0 Å². The summed E-state index contributed by atoms with van der Waals surface area (Å²) in [6.45, 7) is 2.98. The first-order chi connectivity index (χ1) is 12.3. The van der Waals surface area contributed by atoms with E-state index in [1.54, 1.807) is 48.5 Å². The van der Waals surface area contributed by atoms with Crippen molar-refractivity contribution in [3.63, 3.8) is 0 Å². The second-order valence-electron chi connectivity index (χ2n) is 6.11. The minimum absolute atomic E-state index is 0.0505. The molecule has 0 radical (unpaired) electrons. The number of ketones is 1. The van der Waals surface area contributed by atoms with Crippen molar-refractivity contribution in [1.29, 1.82) is 0 Å². The molecule has 0 aromatic heterocycles. The molecule has 26 heavy (non-hydrogen) atoms. The third-order valence-corrected chi connectivity index (χ3v) is 3.83. The fourth-order valence-electron chi connectivity index (χ4n) is 2.21. The molecule has 0 aliphatic rings. The molecule has 0 spiro atoms. The van der Waals surface area contributed by atoms with Crippen LogP contribution in [0.5, 0.6) is 0 Å².